The zero-order chi connectivity index (χ0) is 15.2. The lowest BCUT2D eigenvalue weighted by Gasteiger charge is -2.28. The number of carbonyl (C=O) groups excluding carboxylic acids is 2. The van der Waals surface area contributed by atoms with Gasteiger partial charge in [0.15, 0.2) is 0 Å². The molecule has 5 nitrogen and oxygen atoms in total. The minimum absolute atomic E-state index is 0.174. The van der Waals surface area contributed by atoms with Gasteiger partial charge < -0.3 is 10.2 Å². The maximum Gasteiger partial charge on any atom is 0.332 e. The highest BCUT2D eigenvalue weighted by atomic mass is 16.2. The van der Waals surface area contributed by atoms with Crippen molar-refractivity contribution in [2.45, 2.75) is 38.1 Å². The van der Waals surface area contributed by atoms with E-state index >= 15 is 0 Å². The molecule has 5 heteroatoms. The molecule has 1 N–H and O–H groups in total. The van der Waals surface area contributed by atoms with Crippen molar-refractivity contribution in [2.75, 3.05) is 19.0 Å². The summed E-state index contributed by atoms with van der Waals surface area (Å²) in [5.74, 6) is 0. The third-order valence-electron chi connectivity index (χ3n) is 3.72. The van der Waals surface area contributed by atoms with Gasteiger partial charge in [0.25, 0.3) is 0 Å². The van der Waals surface area contributed by atoms with Crippen molar-refractivity contribution in [3.8, 4) is 0 Å². The second-order valence-electron chi connectivity index (χ2n) is 5.63. The number of hydrogen-bond acceptors (Lipinski definition) is 2. The van der Waals surface area contributed by atoms with Crippen molar-refractivity contribution < 1.29 is 9.59 Å². The van der Waals surface area contributed by atoms with Gasteiger partial charge in [-0.3, -0.25) is 0 Å². The predicted molar refractivity (Wildman–Crippen MR) is 83.4 cm³/mol. The summed E-state index contributed by atoms with van der Waals surface area (Å²) >= 11 is 0. The van der Waals surface area contributed by atoms with E-state index in [9.17, 15) is 9.59 Å². The lowest BCUT2D eigenvalue weighted by molar-refractivity contribution is 0.216. The fourth-order valence-corrected chi connectivity index (χ4v) is 2.58. The SMILES string of the molecule is CN(C)C(=O)N(C(=O)NC1CCCCC1)c1ccccc1. The predicted octanol–water partition coefficient (Wildman–Crippen LogP) is 3.22. The van der Waals surface area contributed by atoms with Crippen LogP contribution in [0.4, 0.5) is 15.3 Å². The topological polar surface area (TPSA) is 52.7 Å². The fourth-order valence-electron chi connectivity index (χ4n) is 2.58. The molecule has 0 aliphatic heterocycles. The minimum Gasteiger partial charge on any atom is -0.335 e. The largest absolute Gasteiger partial charge is 0.335 e. The summed E-state index contributed by atoms with van der Waals surface area (Å²) in [5, 5.41) is 2.99. The van der Waals surface area contributed by atoms with Gasteiger partial charge in [0.2, 0.25) is 0 Å². The van der Waals surface area contributed by atoms with Crippen LogP contribution in [0.25, 0.3) is 0 Å². The molecule has 0 heterocycles. The van der Waals surface area contributed by atoms with Gasteiger partial charge in [-0.2, -0.15) is 0 Å². The molecule has 114 valence electrons. The average molecular weight is 289 g/mol. The Hall–Kier alpha value is -2.04. The van der Waals surface area contributed by atoms with Gasteiger partial charge in [0.1, 0.15) is 0 Å². The number of para-hydroxylation sites is 1. The van der Waals surface area contributed by atoms with Crippen LogP contribution in [0.1, 0.15) is 32.1 Å². The lowest BCUT2D eigenvalue weighted by atomic mass is 9.96. The first-order chi connectivity index (χ1) is 10.1. The molecule has 0 radical (unpaired) electrons. The van der Waals surface area contributed by atoms with Crippen LogP contribution >= 0.6 is 0 Å². The molecule has 1 aliphatic rings. The molecule has 0 saturated heterocycles. The van der Waals surface area contributed by atoms with Crippen molar-refractivity contribution in [2.24, 2.45) is 0 Å². The van der Waals surface area contributed by atoms with Crippen LogP contribution in [0.3, 0.4) is 0 Å². The summed E-state index contributed by atoms with van der Waals surface area (Å²) in [6.07, 6.45) is 5.48. The molecular weight excluding hydrogens is 266 g/mol. The number of imide groups is 1. The van der Waals surface area contributed by atoms with E-state index in [0.29, 0.717) is 5.69 Å². The fraction of sp³-hybridized carbons (Fsp3) is 0.500. The van der Waals surface area contributed by atoms with Crippen LogP contribution in [0.15, 0.2) is 30.3 Å². The van der Waals surface area contributed by atoms with Crippen molar-refractivity contribution in [1.82, 2.24) is 10.2 Å². The number of urea groups is 2. The average Bonchev–Trinajstić information content (AvgIpc) is 2.49. The number of carbonyl (C=O) groups is 2. The first-order valence-electron chi connectivity index (χ1n) is 7.46. The van der Waals surface area contributed by atoms with Crippen LogP contribution in [-0.4, -0.2) is 37.1 Å². The maximum absolute atomic E-state index is 12.5. The highest BCUT2D eigenvalue weighted by Gasteiger charge is 2.27. The van der Waals surface area contributed by atoms with Crippen molar-refractivity contribution in [1.29, 1.82) is 0 Å². The molecular formula is C16H23N3O2. The van der Waals surface area contributed by atoms with Gasteiger partial charge in [0.05, 0.1) is 5.69 Å². The Kier molecular flexibility index (Phi) is 5.20. The molecule has 1 saturated carbocycles. The molecule has 4 amide bonds. The van der Waals surface area contributed by atoms with Gasteiger partial charge in [-0.05, 0) is 25.0 Å². The van der Waals surface area contributed by atoms with E-state index in [1.807, 2.05) is 18.2 Å². The molecule has 0 unspecified atom stereocenters. The van der Waals surface area contributed by atoms with E-state index in [2.05, 4.69) is 5.32 Å². The first-order valence-corrected chi connectivity index (χ1v) is 7.46. The Labute approximate surface area is 125 Å². The second kappa shape index (κ2) is 7.11. The standard InChI is InChI=1S/C16H23N3O2/c1-18(2)16(21)19(14-11-7-4-8-12-14)15(20)17-13-9-5-3-6-10-13/h4,7-8,11-13H,3,5-6,9-10H2,1-2H3,(H,17,20). The molecule has 1 aromatic rings. The monoisotopic (exact) mass is 289 g/mol. The minimum atomic E-state index is -0.341. The Morgan fingerprint density at radius 2 is 1.67 bits per heavy atom. The molecule has 0 spiro atoms. The molecule has 1 aromatic carbocycles. The van der Waals surface area contributed by atoms with Crippen LogP contribution in [0, 0.1) is 0 Å². The van der Waals surface area contributed by atoms with E-state index < -0.39 is 0 Å². The second-order valence-corrected chi connectivity index (χ2v) is 5.63. The number of hydrogen-bond donors (Lipinski definition) is 1. The highest BCUT2D eigenvalue weighted by molar-refractivity contribution is 6.13. The third-order valence-corrected chi connectivity index (χ3v) is 3.72. The highest BCUT2D eigenvalue weighted by Crippen LogP contribution is 2.19. The van der Waals surface area contributed by atoms with Crippen LogP contribution in [0.2, 0.25) is 0 Å². The zero-order valence-corrected chi connectivity index (χ0v) is 12.7. The molecule has 0 bridgehead atoms. The molecule has 1 aliphatic carbocycles. The molecule has 0 aromatic heterocycles. The molecule has 2 rings (SSSR count). The Bertz CT molecular complexity index is 482. The Morgan fingerprint density at radius 1 is 1.05 bits per heavy atom. The van der Waals surface area contributed by atoms with Crippen LogP contribution in [0.5, 0.6) is 0 Å². The first kappa shape index (κ1) is 15.4. The Balaban J connectivity index is 2.14. The quantitative estimate of drug-likeness (QED) is 0.909. The summed E-state index contributed by atoms with van der Waals surface area (Å²) in [6, 6.07) is 8.52. The summed E-state index contributed by atoms with van der Waals surface area (Å²) in [5.41, 5.74) is 0.588. The smallest absolute Gasteiger partial charge is 0.332 e. The van der Waals surface area contributed by atoms with E-state index in [0.717, 1.165) is 25.7 Å². The number of nitrogens with zero attached hydrogens (tertiary/aromatic N) is 2. The van der Waals surface area contributed by atoms with E-state index in [1.165, 1.54) is 16.2 Å². The summed E-state index contributed by atoms with van der Waals surface area (Å²) in [7, 11) is 3.29. The van der Waals surface area contributed by atoms with Gasteiger partial charge in [0, 0.05) is 20.1 Å². The van der Waals surface area contributed by atoms with Crippen LogP contribution < -0.4 is 10.2 Å². The number of amides is 4. The van der Waals surface area contributed by atoms with Gasteiger partial charge in [-0.1, -0.05) is 37.5 Å². The summed E-state index contributed by atoms with van der Waals surface area (Å²) < 4.78 is 0. The van der Waals surface area contributed by atoms with Gasteiger partial charge in [-0.25, -0.2) is 14.5 Å². The van der Waals surface area contributed by atoms with Crippen LogP contribution in [-0.2, 0) is 0 Å². The third kappa shape index (κ3) is 3.97. The number of nitrogens with one attached hydrogen (secondary N) is 1. The normalized spacial score (nSPS) is 15.3. The van der Waals surface area contributed by atoms with E-state index in [-0.39, 0.29) is 18.1 Å². The van der Waals surface area contributed by atoms with Crippen molar-refractivity contribution in [3.05, 3.63) is 30.3 Å². The lowest BCUT2D eigenvalue weighted by Crippen LogP contribution is -2.51. The summed E-state index contributed by atoms with van der Waals surface area (Å²) in [6.45, 7) is 0. The van der Waals surface area contributed by atoms with Crippen molar-refractivity contribution in [3.63, 3.8) is 0 Å². The maximum atomic E-state index is 12.5. The van der Waals surface area contributed by atoms with E-state index in [1.54, 1.807) is 26.2 Å². The number of rotatable bonds is 2. The van der Waals surface area contributed by atoms with Gasteiger partial charge >= 0.3 is 12.1 Å². The molecule has 21 heavy (non-hydrogen) atoms. The molecule has 0 atom stereocenters. The Morgan fingerprint density at radius 3 is 2.24 bits per heavy atom. The summed E-state index contributed by atoms with van der Waals surface area (Å²) in [4.78, 5) is 27.5. The van der Waals surface area contributed by atoms with Crippen molar-refractivity contribution >= 4 is 17.7 Å². The number of anilines is 1. The zero-order valence-electron chi connectivity index (χ0n) is 12.7. The molecule has 1 fully saturated rings. The van der Waals surface area contributed by atoms with Gasteiger partial charge in [-0.15, -0.1) is 0 Å². The number of benzene rings is 1. The van der Waals surface area contributed by atoms with E-state index in [4.69, 9.17) is 0 Å².